The van der Waals surface area contributed by atoms with Gasteiger partial charge in [0.2, 0.25) is 0 Å². The van der Waals surface area contributed by atoms with E-state index in [2.05, 4.69) is 0 Å². The van der Waals surface area contributed by atoms with E-state index in [0.29, 0.717) is 13.1 Å². The highest BCUT2D eigenvalue weighted by Gasteiger charge is 2.37. The molecule has 0 saturated carbocycles. The van der Waals surface area contributed by atoms with Crippen LogP contribution in [-0.2, 0) is 9.53 Å². The maximum atomic E-state index is 12.1. The van der Waals surface area contributed by atoms with Crippen molar-refractivity contribution in [1.82, 2.24) is 4.90 Å². The summed E-state index contributed by atoms with van der Waals surface area (Å²) in [7, 11) is 0. The lowest BCUT2D eigenvalue weighted by molar-refractivity contribution is -0.111. The maximum absolute atomic E-state index is 12.1. The van der Waals surface area contributed by atoms with E-state index in [1.54, 1.807) is 4.90 Å². The first-order valence-electron chi connectivity index (χ1n) is 6.89. The Morgan fingerprint density at radius 2 is 1.90 bits per heavy atom. The maximum Gasteiger partial charge on any atom is 0.410 e. The van der Waals surface area contributed by atoms with E-state index in [9.17, 15) is 9.59 Å². The minimum absolute atomic E-state index is 0.0567. The quantitative estimate of drug-likeness (QED) is 0.780. The fraction of sp³-hybridized carbons (Fsp3) is 0.500. The molecule has 1 aliphatic rings. The molecule has 1 aromatic rings. The van der Waals surface area contributed by atoms with Crippen LogP contribution < -0.4 is 0 Å². The lowest BCUT2D eigenvalue weighted by Gasteiger charge is -2.24. The summed E-state index contributed by atoms with van der Waals surface area (Å²) >= 11 is 0. The molecule has 2 rings (SSSR count). The molecule has 1 aromatic carbocycles. The zero-order valence-corrected chi connectivity index (χ0v) is 12.2. The average Bonchev–Trinajstić information content (AvgIpc) is 2.82. The van der Waals surface area contributed by atoms with Crippen molar-refractivity contribution in [2.24, 2.45) is 5.92 Å². The Kier molecular flexibility index (Phi) is 4.12. The molecule has 1 amide bonds. The summed E-state index contributed by atoms with van der Waals surface area (Å²) in [6.07, 6.45) is 0.602. The second kappa shape index (κ2) is 5.65. The van der Waals surface area contributed by atoms with Gasteiger partial charge in [0.05, 0.1) is 0 Å². The average molecular weight is 275 g/mol. The van der Waals surface area contributed by atoms with Gasteiger partial charge >= 0.3 is 6.09 Å². The number of aldehydes is 1. The summed E-state index contributed by atoms with van der Waals surface area (Å²) in [5.74, 6) is -0.105. The van der Waals surface area contributed by atoms with Crippen molar-refractivity contribution in [3.63, 3.8) is 0 Å². The molecule has 0 N–H and O–H groups in total. The van der Waals surface area contributed by atoms with Crippen molar-refractivity contribution in [3.05, 3.63) is 35.9 Å². The molecule has 4 heteroatoms. The molecular weight excluding hydrogens is 254 g/mol. The first-order valence-corrected chi connectivity index (χ1v) is 6.89. The Balaban J connectivity index is 2.10. The van der Waals surface area contributed by atoms with Gasteiger partial charge in [-0.05, 0) is 26.3 Å². The SMILES string of the molecule is CC(C)(C)OC(=O)N1CC(C=O)C(c2ccccc2)C1. The van der Waals surface area contributed by atoms with Gasteiger partial charge in [0.15, 0.2) is 0 Å². The zero-order chi connectivity index (χ0) is 14.8. The summed E-state index contributed by atoms with van der Waals surface area (Å²) in [5.41, 5.74) is 0.578. The second-order valence-electron chi connectivity index (χ2n) is 6.20. The highest BCUT2D eigenvalue weighted by atomic mass is 16.6. The van der Waals surface area contributed by atoms with Crippen LogP contribution in [-0.4, -0.2) is 36.0 Å². The second-order valence-corrected chi connectivity index (χ2v) is 6.20. The smallest absolute Gasteiger partial charge is 0.410 e. The number of ether oxygens (including phenoxy) is 1. The van der Waals surface area contributed by atoms with Crippen LogP contribution in [0.5, 0.6) is 0 Å². The van der Waals surface area contributed by atoms with Gasteiger partial charge in [0, 0.05) is 24.9 Å². The molecule has 1 fully saturated rings. The molecule has 0 radical (unpaired) electrons. The summed E-state index contributed by atoms with van der Waals surface area (Å²) in [4.78, 5) is 25.0. The number of carbonyl (C=O) groups is 2. The number of rotatable bonds is 2. The Bertz CT molecular complexity index is 478. The predicted molar refractivity (Wildman–Crippen MR) is 76.5 cm³/mol. The van der Waals surface area contributed by atoms with Gasteiger partial charge < -0.3 is 14.4 Å². The van der Waals surface area contributed by atoms with Gasteiger partial charge in [-0.25, -0.2) is 4.79 Å². The van der Waals surface area contributed by atoms with E-state index >= 15 is 0 Å². The first kappa shape index (κ1) is 14.6. The van der Waals surface area contributed by atoms with Crippen molar-refractivity contribution >= 4 is 12.4 Å². The number of amides is 1. The van der Waals surface area contributed by atoms with Crippen LogP contribution in [0.25, 0.3) is 0 Å². The van der Waals surface area contributed by atoms with Crippen LogP contribution in [0.2, 0.25) is 0 Å². The van der Waals surface area contributed by atoms with Crippen molar-refractivity contribution in [2.45, 2.75) is 32.3 Å². The normalized spacial score (nSPS) is 22.6. The van der Waals surface area contributed by atoms with E-state index in [0.717, 1.165) is 11.8 Å². The minimum atomic E-state index is -0.515. The number of hydrogen-bond acceptors (Lipinski definition) is 3. The fourth-order valence-corrected chi connectivity index (χ4v) is 2.50. The molecule has 1 heterocycles. The van der Waals surface area contributed by atoms with Crippen molar-refractivity contribution in [1.29, 1.82) is 0 Å². The third-order valence-electron chi connectivity index (χ3n) is 3.42. The number of likely N-dealkylation sites (tertiary alicyclic amines) is 1. The van der Waals surface area contributed by atoms with E-state index in [4.69, 9.17) is 4.74 Å². The third kappa shape index (κ3) is 3.38. The van der Waals surface area contributed by atoms with Crippen molar-refractivity contribution < 1.29 is 14.3 Å². The molecule has 0 aromatic heterocycles. The van der Waals surface area contributed by atoms with Crippen LogP contribution in [0.3, 0.4) is 0 Å². The Hall–Kier alpha value is -1.84. The first-order chi connectivity index (χ1) is 9.40. The Morgan fingerprint density at radius 3 is 2.45 bits per heavy atom. The highest BCUT2D eigenvalue weighted by molar-refractivity contribution is 5.70. The molecule has 1 aliphatic heterocycles. The highest BCUT2D eigenvalue weighted by Crippen LogP contribution is 2.32. The number of nitrogens with zero attached hydrogens (tertiary/aromatic N) is 1. The van der Waals surface area contributed by atoms with Crippen molar-refractivity contribution in [3.8, 4) is 0 Å². The summed E-state index contributed by atoms with van der Waals surface area (Å²) in [6.45, 7) is 6.48. The van der Waals surface area contributed by atoms with Crippen molar-refractivity contribution in [2.75, 3.05) is 13.1 Å². The Labute approximate surface area is 119 Å². The Morgan fingerprint density at radius 1 is 1.25 bits per heavy atom. The summed E-state index contributed by atoms with van der Waals surface area (Å²) in [5, 5.41) is 0. The van der Waals surface area contributed by atoms with Gasteiger partial charge in [-0.1, -0.05) is 30.3 Å². The van der Waals surface area contributed by atoms with Crippen LogP contribution in [0.15, 0.2) is 30.3 Å². The van der Waals surface area contributed by atoms with Gasteiger partial charge in [0.1, 0.15) is 11.9 Å². The summed E-state index contributed by atoms with van der Waals surface area (Å²) in [6, 6.07) is 9.85. The molecular formula is C16H21NO3. The fourth-order valence-electron chi connectivity index (χ4n) is 2.50. The lowest BCUT2D eigenvalue weighted by atomic mass is 9.90. The van der Waals surface area contributed by atoms with Crippen LogP contribution in [0, 0.1) is 5.92 Å². The van der Waals surface area contributed by atoms with E-state index < -0.39 is 5.60 Å². The number of hydrogen-bond donors (Lipinski definition) is 0. The molecule has 2 unspecified atom stereocenters. The van der Waals surface area contributed by atoms with Crippen LogP contribution >= 0.6 is 0 Å². The number of carbonyl (C=O) groups excluding carboxylic acids is 2. The molecule has 20 heavy (non-hydrogen) atoms. The minimum Gasteiger partial charge on any atom is -0.444 e. The number of benzene rings is 1. The molecule has 0 bridgehead atoms. The predicted octanol–water partition coefficient (Wildman–Crippen LogP) is 2.84. The van der Waals surface area contributed by atoms with Crippen LogP contribution in [0.1, 0.15) is 32.3 Å². The molecule has 108 valence electrons. The summed E-state index contributed by atoms with van der Waals surface area (Å²) < 4.78 is 5.37. The largest absolute Gasteiger partial charge is 0.444 e. The van der Waals surface area contributed by atoms with Gasteiger partial charge in [-0.15, -0.1) is 0 Å². The topological polar surface area (TPSA) is 46.6 Å². The molecule has 4 nitrogen and oxygen atoms in total. The van der Waals surface area contributed by atoms with E-state index in [1.165, 1.54) is 0 Å². The zero-order valence-electron chi connectivity index (χ0n) is 12.2. The van der Waals surface area contributed by atoms with Crippen LogP contribution in [0.4, 0.5) is 4.79 Å². The standard InChI is InChI=1S/C16H21NO3/c1-16(2,3)20-15(19)17-9-13(11-18)14(10-17)12-7-5-4-6-8-12/h4-8,11,13-14H,9-10H2,1-3H3. The molecule has 0 aliphatic carbocycles. The van der Waals surface area contributed by atoms with Gasteiger partial charge in [0.25, 0.3) is 0 Å². The third-order valence-corrected chi connectivity index (χ3v) is 3.42. The monoisotopic (exact) mass is 275 g/mol. The lowest BCUT2D eigenvalue weighted by Crippen LogP contribution is -2.35. The molecule has 1 saturated heterocycles. The van der Waals surface area contributed by atoms with Gasteiger partial charge in [-0.3, -0.25) is 0 Å². The van der Waals surface area contributed by atoms with E-state index in [-0.39, 0.29) is 17.9 Å². The molecule has 0 spiro atoms. The van der Waals surface area contributed by atoms with Gasteiger partial charge in [-0.2, -0.15) is 0 Å². The molecule has 2 atom stereocenters. The van der Waals surface area contributed by atoms with E-state index in [1.807, 2.05) is 51.1 Å².